The van der Waals surface area contributed by atoms with Gasteiger partial charge in [0.25, 0.3) is 0 Å². The molecule has 1 amide bonds. The van der Waals surface area contributed by atoms with Crippen LogP contribution in [0.15, 0.2) is 54.7 Å². The fourth-order valence-corrected chi connectivity index (χ4v) is 4.89. The standard InChI is InChI=1S/C26H31N5OS/c1-5-19-10-6-7-11-21(19)28-23(32)13-15-31-25(20-16-17(2)30(4)18(20)3)24(29-26(31)33)22-12-8-9-14-27-22/h6-12,14,16,24-25H,5,13,15H2,1-4H3,(H,28,32)(H,29,33). The summed E-state index contributed by atoms with van der Waals surface area (Å²) >= 11 is 5.75. The van der Waals surface area contributed by atoms with Gasteiger partial charge in [-0.2, -0.15) is 0 Å². The number of pyridine rings is 1. The Kier molecular flexibility index (Phi) is 6.79. The lowest BCUT2D eigenvalue weighted by atomic mass is 9.96. The van der Waals surface area contributed by atoms with Crippen molar-refractivity contribution in [1.29, 1.82) is 0 Å². The molecule has 6 nitrogen and oxygen atoms in total. The van der Waals surface area contributed by atoms with Crippen LogP contribution in [0.3, 0.4) is 0 Å². The zero-order valence-electron chi connectivity index (χ0n) is 19.6. The molecular weight excluding hydrogens is 430 g/mol. The molecule has 33 heavy (non-hydrogen) atoms. The smallest absolute Gasteiger partial charge is 0.226 e. The van der Waals surface area contributed by atoms with Gasteiger partial charge in [-0.15, -0.1) is 0 Å². The fourth-order valence-electron chi connectivity index (χ4n) is 4.55. The molecule has 1 aliphatic heterocycles. The predicted octanol–water partition coefficient (Wildman–Crippen LogP) is 4.60. The maximum absolute atomic E-state index is 12.8. The van der Waals surface area contributed by atoms with Crippen LogP contribution < -0.4 is 10.6 Å². The monoisotopic (exact) mass is 461 g/mol. The van der Waals surface area contributed by atoms with Crippen molar-refractivity contribution in [2.75, 3.05) is 11.9 Å². The average Bonchev–Trinajstić information content (AvgIpc) is 3.29. The number of anilines is 1. The SMILES string of the molecule is CCc1ccccc1NC(=O)CCN1C(=S)NC(c2ccccn2)C1c1cc(C)n(C)c1C. The third-order valence-electron chi connectivity index (χ3n) is 6.58. The minimum atomic E-state index is -0.0805. The van der Waals surface area contributed by atoms with Crippen molar-refractivity contribution in [3.8, 4) is 0 Å². The Bertz CT molecular complexity index is 1160. The highest BCUT2D eigenvalue weighted by Gasteiger charge is 2.41. The molecule has 2 unspecified atom stereocenters. The molecule has 0 bridgehead atoms. The lowest BCUT2D eigenvalue weighted by Crippen LogP contribution is -2.33. The minimum Gasteiger partial charge on any atom is -0.352 e. The van der Waals surface area contributed by atoms with Crippen molar-refractivity contribution in [3.05, 3.63) is 82.9 Å². The zero-order chi connectivity index (χ0) is 23.5. The Morgan fingerprint density at radius 2 is 1.94 bits per heavy atom. The maximum Gasteiger partial charge on any atom is 0.226 e. The van der Waals surface area contributed by atoms with Crippen molar-refractivity contribution in [2.45, 2.75) is 45.7 Å². The van der Waals surface area contributed by atoms with Gasteiger partial charge in [-0.3, -0.25) is 9.78 Å². The Hall–Kier alpha value is -3.19. The Balaban J connectivity index is 1.58. The first kappa shape index (κ1) is 23.0. The van der Waals surface area contributed by atoms with E-state index in [1.807, 2.05) is 48.7 Å². The van der Waals surface area contributed by atoms with Gasteiger partial charge in [0.2, 0.25) is 5.91 Å². The molecule has 1 fully saturated rings. The molecule has 2 N–H and O–H groups in total. The number of carbonyl (C=O) groups is 1. The predicted molar refractivity (Wildman–Crippen MR) is 136 cm³/mol. The van der Waals surface area contributed by atoms with Gasteiger partial charge < -0.3 is 20.1 Å². The van der Waals surface area contributed by atoms with Crippen LogP contribution in [0.4, 0.5) is 5.69 Å². The molecule has 4 rings (SSSR count). The summed E-state index contributed by atoms with van der Waals surface area (Å²) in [5, 5.41) is 7.20. The summed E-state index contributed by atoms with van der Waals surface area (Å²) in [4.78, 5) is 19.6. The molecule has 1 saturated heterocycles. The topological polar surface area (TPSA) is 62.2 Å². The molecule has 0 radical (unpaired) electrons. The lowest BCUT2D eigenvalue weighted by Gasteiger charge is -2.28. The number of nitrogens with zero attached hydrogens (tertiary/aromatic N) is 3. The van der Waals surface area contributed by atoms with Crippen LogP contribution in [0, 0.1) is 13.8 Å². The largest absolute Gasteiger partial charge is 0.352 e. The van der Waals surface area contributed by atoms with Crippen LogP contribution in [-0.4, -0.2) is 32.0 Å². The molecule has 1 aromatic carbocycles. The number of para-hydroxylation sites is 1. The Labute approximate surface area is 201 Å². The number of hydrogen-bond donors (Lipinski definition) is 2. The summed E-state index contributed by atoms with van der Waals surface area (Å²) < 4.78 is 2.19. The molecule has 3 aromatic rings. The van der Waals surface area contributed by atoms with E-state index in [1.54, 1.807) is 0 Å². The summed E-state index contributed by atoms with van der Waals surface area (Å²) in [6, 6.07) is 16.0. The first-order valence-corrected chi connectivity index (χ1v) is 11.8. The second kappa shape index (κ2) is 9.75. The van der Waals surface area contributed by atoms with Crippen molar-refractivity contribution in [2.24, 2.45) is 7.05 Å². The van der Waals surface area contributed by atoms with Gasteiger partial charge in [-0.05, 0) is 67.9 Å². The Morgan fingerprint density at radius 3 is 2.61 bits per heavy atom. The molecule has 2 atom stereocenters. The summed E-state index contributed by atoms with van der Waals surface area (Å²) in [5.41, 5.74) is 6.53. The summed E-state index contributed by atoms with van der Waals surface area (Å²) in [7, 11) is 2.08. The quantitative estimate of drug-likeness (QED) is 0.504. The van der Waals surface area contributed by atoms with Crippen LogP contribution in [-0.2, 0) is 18.3 Å². The van der Waals surface area contributed by atoms with Gasteiger partial charge in [0.1, 0.15) is 0 Å². The number of aromatic nitrogens is 2. The summed E-state index contributed by atoms with van der Waals surface area (Å²) in [5.74, 6) is -0.0142. The van der Waals surface area contributed by atoms with Gasteiger partial charge in [-0.25, -0.2) is 0 Å². The van der Waals surface area contributed by atoms with Crippen LogP contribution in [0.5, 0.6) is 0 Å². The van der Waals surface area contributed by atoms with Crippen molar-refractivity contribution in [1.82, 2.24) is 19.8 Å². The van der Waals surface area contributed by atoms with Crippen LogP contribution in [0.2, 0.25) is 0 Å². The molecule has 172 valence electrons. The lowest BCUT2D eigenvalue weighted by molar-refractivity contribution is -0.116. The summed E-state index contributed by atoms with van der Waals surface area (Å²) in [6.45, 7) is 6.85. The van der Waals surface area contributed by atoms with E-state index < -0.39 is 0 Å². The molecule has 2 aromatic heterocycles. The van der Waals surface area contributed by atoms with E-state index in [-0.39, 0.29) is 18.0 Å². The first-order valence-electron chi connectivity index (χ1n) is 11.4. The van der Waals surface area contributed by atoms with E-state index >= 15 is 0 Å². The Morgan fingerprint density at radius 1 is 1.18 bits per heavy atom. The minimum absolute atomic E-state index is 0.0142. The number of amides is 1. The highest BCUT2D eigenvalue weighted by Crippen LogP contribution is 2.40. The van der Waals surface area contributed by atoms with E-state index in [1.165, 1.54) is 17.0 Å². The van der Waals surface area contributed by atoms with Crippen LogP contribution in [0.25, 0.3) is 0 Å². The number of hydrogen-bond acceptors (Lipinski definition) is 3. The molecule has 0 saturated carbocycles. The molecular formula is C26H31N5OS. The van der Waals surface area contributed by atoms with E-state index in [4.69, 9.17) is 12.2 Å². The molecule has 0 aliphatic carbocycles. The number of carbonyl (C=O) groups excluding carboxylic acids is 1. The van der Waals surface area contributed by atoms with E-state index in [0.29, 0.717) is 18.1 Å². The van der Waals surface area contributed by atoms with Gasteiger partial charge in [0.15, 0.2) is 5.11 Å². The third kappa shape index (κ3) is 4.64. The van der Waals surface area contributed by atoms with Gasteiger partial charge >= 0.3 is 0 Å². The number of rotatable bonds is 7. The maximum atomic E-state index is 12.8. The molecule has 0 spiro atoms. The van der Waals surface area contributed by atoms with Crippen molar-refractivity contribution < 1.29 is 4.79 Å². The van der Waals surface area contributed by atoms with Gasteiger partial charge in [0.05, 0.1) is 17.8 Å². The van der Waals surface area contributed by atoms with Crippen molar-refractivity contribution in [3.63, 3.8) is 0 Å². The fraction of sp³-hybridized carbons (Fsp3) is 0.346. The number of aryl methyl sites for hydroxylation is 2. The highest BCUT2D eigenvalue weighted by atomic mass is 32.1. The van der Waals surface area contributed by atoms with Gasteiger partial charge in [-0.1, -0.05) is 31.2 Å². The van der Waals surface area contributed by atoms with E-state index in [2.05, 4.69) is 59.0 Å². The third-order valence-corrected chi connectivity index (χ3v) is 6.94. The number of benzene rings is 1. The summed E-state index contributed by atoms with van der Waals surface area (Å²) in [6.07, 6.45) is 3.02. The molecule has 7 heteroatoms. The van der Waals surface area contributed by atoms with Crippen molar-refractivity contribution >= 4 is 28.9 Å². The second-order valence-corrected chi connectivity index (χ2v) is 8.90. The zero-order valence-corrected chi connectivity index (χ0v) is 20.4. The highest BCUT2D eigenvalue weighted by molar-refractivity contribution is 7.80. The second-order valence-electron chi connectivity index (χ2n) is 8.51. The number of thiocarbonyl (C=S) groups is 1. The first-order chi connectivity index (χ1) is 15.9. The van der Waals surface area contributed by atoms with Crippen LogP contribution >= 0.6 is 12.2 Å². The normalized spacial score (nSPS) is 17.8. The molecule has 3 heterocycles. The van der Waals surface area contributed by atoms with Gasteiger partial charge in [0, 0.05) is 43.3 Å². The van der Waals surface area contributed by atoms with E-state index in [0.717, 1.165) is 23.4 Å². The average molecular weight is 462 g/mol. The molecule has 1 aliphatic rings. The van der Waals surface area contributed by atoms with Crippen LogP contribution in [0.1, 0.15) is 53.6 Å². The van der Waals surface area contributed by atoms with E-state index in [9.17, 15) is 4.79 Å². The number of nitrogens with one attached hydrogen (secondary N) is 2.